The highest BCUT2D eigenvalue weighted by Crippen LogP contribution is 2.23. The van der Waals surface area contributed by atoms with Gasteiger partial charge in [-0.25, -0.2) is 8.42 Å². The summed E-state index contributed by atoms with van der Waals surface area (Å²) in [5, 5.41) is 11.5. The lowest BCUT2D eigenvalue weighted by molar-refractivity contribution is -0.122. The maximum atomic E-state index is 12.8. The average molecular weight is 413 g/mol. The molecule has 0 unspecified atom stereocenters. The molecular formula is C21H23N3O4S. The van der Waals surface area contributed by atoms with Crippen molar-refractivity contribution < 1.29 is 17.9 Å². The highest BCUT2D eigenvalue weighted by Gasteiger charge is 2.26. The Morgan fingerprint density at radius 3 is 2.48 bits per heavy atom. The van der Waals surface area contributed by atoms with Crippen LogP contribution in [-0.2, 0) is 14.8 Å². The normalized spacial score (nSPS) is 15.9. The van der Waals surface area contributed by atoms with Gasteiger partial charge in [0.2, 0.25) is 10.0 Å². The van der Waals surface area contributed by atoms with Crippen LogP contribution in [0, 0.1) is 11.3 Å². The third-order valence-corrected chi connectivity index (χ3v) is 6.61. The molecule has 0 bridgehead atoms. The second-order valence-electron chi connectivity index (χ2n) is 6.88. The fraction of sp³-hybridized carbons (Fsp3) is 0.333. The quantitative estimate of drug-likeness (QED) is 0.784. The molecule has 1 aliphatic heterocycles. The van der Waals surface area contributed by atoms with Crippen LogP contribution in [0.5, 0.6) is 5.75 Å². The summed E-state index contributed by atoms with van der Waals surface area (Å²) < 4.78 is 32.7. The zero-order valence-electron chi connectivity index (χ0n) is 16.2. The molecule has 1 N–H and O–H groups in total. The van der Waals surface area contributed by atoms with Crippen LogP contribution in [0.25, 0.3) is 0 Å². The topological polar surface area (TPSA) is 99.5 Å². The molecule has 0 aliphatic carbocycles. The Morgan fingerprint density at radius 2 is 1.83 bits per heavy atom. The number of nitrogens with zero attached hydrogens (tertiary/aromatic N) is 2. The van der Waals surface area contributed by atoms with Crippen LogP contribution in [0.1, 0.15) is 31.7 Å². The third-order valence-electron chi connectivity index (χ3n) is 4.72. The fourth-order valence-corrected chi connectivity index (χ4v) is 4.66. The molecule has 29 heavy (non-hydrogen) atoms. The Kier molecular flexibility index (Phi) is 6.52. The van der Waals surface area contributed by atoms with Gasteiger partial charge in [-0.15, -0.1) is 0 Å². The van der Waals surface area contributed by atoms with Gasteiger partial charge in [0.1, 0.15) is 5.75 Å². The summed E-state index contributed by atoms with van der Waals surface area (Å²) in [6.07, 6.45) is 1.96. The van der Waals surface area contributed by atoms with Crippen molar-refractivity contribution in [2.24, 2.45) is 0 Å². The molecule has 1 saturated heterocycles. The number of anilines is 1. The lowest BCUT2D eigenvalue weighted by Gasteiger charge is -2.26. The number of rotatable bonds is 6. The Morgan fingerprint density at radius 1 is 1.14 bits per heavy atom. The van der Waals surface area contributed by atoms with Crippen LogP contribution in [0.4, 0.5) is 5.69 Å². The minimum absolute atomic E-state index is 0.165. The van der Waals surface area contributed by atoms with Crippen LogP contribution in [0.15, 0.2) is 53.4 Å². The number of carbonyl (C=O) groups excluding carboxylic acids is 1. The van der Waals surface area contributed by atoms with Gasteiger partial charge < -0.3 is 10.1 Å². The Labute approximate surface area is 171 Å². The van der Waals surface area contributed by atoms with Crippen molar-refractivity contribution in [2.75, 3.05) is 18.4 Å². The lowest BCUT2D eigenvalue weighted by Crippen LogP contribution is -2.35. The van der Waals surface area contributed by atoms with E-state index in [4.69, 9.17) is 10.00 Å². The smallest absolute Gasteiger partial charge is 0.265 e. The van der Waals surface area contributed by atoms with Crippen LogP contribution < -0.4 is 10.1 Å². The summed E-state index contributed by atoms with van der Waals surface area (Å²) in [6.45, 7) is 2.64. The zero-order chi connectivity index (χ0) is 20.9. The van der Waals surface area contributed by atoms with Gasteiger partial charge in [0.15, 0.2) is 6.10 Å². The second kappa shape index (κ2) is 9.07. The summed E-state index contributed by atoms with van der Waals surface area (Å²) in [4.78, 5) is 12.6. The number of benzene rings is 2. The molecule has 152 valence electrons. The van der Waals surface area contributed by atoms with Crippen molar-refractivity contribution in [3.05, 3.63) is 54.1 Å². The summed E-state index contributed by atoms with van der Waals surface area (Å²) >= 11 is 0. The third kappa shape index (κ3) is 5.13. The molecule has 0 saturated carbocycles. The van der Waals surface area contributed by atoms with Crippen molar-refractivity contribution in [1.29, 1.82) is 5.26 Å². The number of amides is 1. The van der Waals surface area contributed by atoms with E-state index in [2.05, 4.69) is 5.32 Å². The van der Waals surface area contributed by atoms with Gasteiger partial charge in [0.05, 0.1) is 16.5 Å². The number of ether oxygens (including phenoxy) is 1. The molecule has 2 aromatic carbocycles. The standard InChI is InChI=1S/C21H23N3O4S/c1-16(28-19-10-8-17(15-22)9-11-19)21(25)23-18-6-5-7-20(14-18)29(26,27)24-12-3-2-4-13-24/h5-11,14,16H,2-4,12-13H2,1H3,(H,23,25)/t16-/m1/s1. The van der Waals surface area contributed by atoms with Crippen molar-refractivity contribution in [1.82, 2.24) is 4.31 Å². The highest BCUT2D eigenvalue weighted by molar-refractivity contribution is 7.89. The summed E-state index contributed by atoms with van der Waals surface area (Å²) in [6, 6.07) is 14.7. The van der Waals surface area contributed by atoms with Gasteiger partial charge in [-0.1, -0.05) is 12.5 Å². The zero-order valence-corrected chi connectivity index (χ0v) is 17.0. The molecule has 7 nitrogen and oxygen atoms in total. The van der Waals surface area contributed by atoms with Crippen LogP contribution in [0.2, 0.25) is 0 Å². The van der Waals surface area contributed by atoms with Crippen molar-refractivity contribution >= 4 is 21.6 Å². The van der Waals surface area contributed by atoms with Gasteiger partial charge in [-0.05, 0) is 62.2 Å². The molecule has 1 fully saturated rings. The van der Waals surface area contributed by atoms with Gasteiger partial charge in [-0.3, -0.25) is 4.79 Å². The van der Waals surface area contributed by atoms with Gasteiger partial charge in [-0.2, -0.15) is 9.57 Å². The van der Waals surface area contributed by atoms with E-state index in [0.29, 0.717) is 30.1 Å². The summed E-state index contributed by atoms with van der Waals surface area (Å²) in [5.41, 5.74) is 0.893. The van der Waals surface area contributed by atoms with Crippen LogP contribution in [-0.4, -0.2) is 37.8 Å². The molecule has 3 rings (SSSR count). The first kappa shape index (κ1) is 20.8. The molecule has 0 aromatic heterocycles. The van der Waals surface area contributed by atoms with E-state index >= 15 is 0 Å². The van der Waals surface area contributed by atoms with E-state index in [1.807, 2.05) is 6.07 Å². The molecular weight excluding hydrogens is 390 g/mol. The first-order chi connectivity index (χ1) is 13.9. The molecule has 0 spiro atoms. The van der Waals surface area contributed by atoms with E-state index in [9.17, 15) is 13.2 Å². The maximum Gasteiger partial charge on any atom is 0.265 e. The number of hydrogen-bond donors (Lipinski definition) is 1. The largest absolute Gasteiger partial charge is 0.481 e. The number of hydrogen-bond acceptors (Lipinski definition) is 5. The van der Waals surface area contributed by atoms with E-state index in [1.54, 1.807) is 43.3 Å². The molecule has 1 amide bonds. The second-order valence-corrected chi connectivity index (χ2v) is 8.82. The first-order valence-corrected chi connectivity index (χ1v) is 10.9. The average Bonchev–Trinajstić information content (AvgIpc) is 2.75. The Hall–Kier alpha value is -2.89. The molecule has 1 aliphatic rings. The summed E-state index contributed by atoms with van der Waals surface area (Å²) in [7, 11) is -3.57. The van der Waals surface area contributed by atoms with Gasteiger partial charge in [0, 0.05) is 18.8 Å². The van der Waals surface area contributed by atoms with Gasteiger partial charge >= 0.3 is 0 Å². The predicted octanol–water partition coefficient (Wildman–Crippen LogP) is 3.14. The predicted molar refractivity (Wildman–Crippen MR) is 109 cm³/mol. The highest BCUT2D eigenvalue weighted by atomic mass is 32.2. The van der Waals surface area contributed by atoms with E-state index < -0.39 is 22.0 Å². The summed E-state index contributed by atoms with van der Waals surface area (Å²) in [5.74, 6) is 0.0648. The first-order valence-electron chi connectivity index (χ1n) is 9.48. The molecule has 1 heterocycles. The fourth-order valence-electron chi connectivity index (χ4n) is 3.10. The van der Waals surface area contributed by atoms with Crippen LogP contribution >= 0.6 is 0 Å². The number of nitrogens with one attached hydrogen (secondary N) is 1. The molecule has 1 atom stereocenters. The number of sulfonamides is 1. The molecule has 0 radical (unpaired) electrons. The van der Waals surface area contributed by atoms with E-state index in [1.165, 1.54) is 16.4 Å². The number of carbonyl (C=O) groups is 1. The minimum Gasteiger partial charge on any atom is -0.481 e. The van der Waals surface area contributed by atoms with Crippen molar-refractivity contribution in [3.63, 3.8) is 0 Å². The minimum atomic E-state index is -3.57. The monoisotopic (exact) mass is 413 g/mol. The lowest BCUT2D eigenvalue weighted by atomic mass is 10.2. The van der Waals surface area contributed by atoms with Crippen molar-refractivity contribution in [2.45, 2.75) is 37.2 Å². The molecule has 8 heteroatoms. The number of piperidine rings is 1. The van der Waals surface area contributed by atoms with E-state index in [-0.39, 0.29) is 4.90 Å². The Balaban J connectivity index is 1.67. The number of nitriles is 1. The van der Waals surface area contributed by atoms with E-state index in [0.717, 1.165) is 19.3 Å². The van der Waals surface area contributed by atoms with Gasteiger partial charge in [0.25, 0.3) is 5.91 Å². The maximum absolute atomic E-state index is 12.8. The van der Waals surface area contributed by atoms with Crippen LogP contribution in [0.3, 0.4) is 0 Å². The van der Waals surface area contributed by atoms with Crippen molar-refractivity contribution in [3.8, 4) is 11.8 Å². The SMILES string of the molecule is C[C@@H](Oc1ccc(C#N)cc1)C(=O)Nc1cccc(S(=O)(=O)N2CCCCC2)c1. The molecule has 2 aromatic rings. The Bertz CT molecular complexity index is 1010.